The minimum atomic E-state index is -1.04. The zero-order valence-corrected chi connectivity index (χ0v) is 19.7. The van der Waals surface area contributed by atoms with Gasteiger partial charge < -0.3 is 15.2 Å². The number of urea groups is 1. The van der Waals surface area contributed by atoms with E-state index in [1.807, 2.05) is 38.1 Å². The van der Waals surface area contributed by atoms with Crippen LogP contribution in [0.2, 0.25) is 0 Å². The van der Waals surface area contributed by atoms with Gasteiger partial charge in [-0.05, 0) is 49.2 Å². The van der Waals surface area contributed by atoms with Crippen molar-refractivity contribution in [2.24, 2.45) is 7.05 Å². The van der Waals surface area contributed by atoms with E-state index in [0.29, 0.717) is 17.1 Å². The number of benzene rings is 2. The molecule has 3 aromatic rings. The molecule has 0 saturated carbocycles. The maximum atomic E-state index is 13.9. The summed E-state index contributed by atoms with van der Waals surface area (Å²) >= 11 is 0. The molecule has 0 spiro atoms. The lowest BCUT2D eigenvalue weighted by molar-refractivity contribution is -0.126. The summed E-state index contributed by atoms with van der Waals surface area (Å²) in [5, 5.41) is 7.61. The quantitative estimate of drug-likeness (QED) is 0.458. The molecule has 9 nitrogen and oxygen atoms in total. The second-order valence-corrected chi connectivity index (χ2v) is 8.52. The molecule has 2 aromatic carbocycles. The number of nitrogens with one attached hydrogen (secondary N) is 3. The molecule has 1 aliphatic rings. The minimum absolute atomic E-state index is 0.302. The fourth-order valence-corrected chi connectivity index (χ4v) is 4.25. The van der Waals surface area contributed by atoms with E-state index in [-0.39, 0.29) is 6.42 Å². The lowest BCUT2D eigenvalue weighted by atomic mass is 10.0. The maximum Gasteiger partial charge on any atom is 0.322 e. The fourth-order valence-electron chi connectivity index (χ4n) is 4.25. The highest BCUT2D eigenvalue weighted by Crippen LogP contribution is 2.31. The van der Waals surface area contributed by atoms with Gasteiger partial charge in [-0.1, -0.05) is 36.4 Å². The third kappa shape index (κ3) is 4.93. The lowest BCUT2D eigenvalue weighted by Crippen LogP contribution is -2.45. The SMILES string of the molecule is Cc1cccc(C)c1NC(=O)[C@@H](c1cccn1C)N(C(=O)C[C@@H]1NC(=O)NC1=O)c1ccccc1. The highest BCUT2D eigenvalue weighted by molar-refractivity contribution is 6.09. The van der Waals surface area contributed by atoms with Gasteiger partial charge in [0.2, 0.25) is 5.91 Å². The van der Waals surface area contributed by atoms with Crippen LogP contribution in [0.25, 0.3) is 0 Å². The summed E-state index contributed by atoms with van der Waals surface area (Å²) in [4.78, 5) is 52.7. The molecule has 180 valence electrons. The molecule has 0 aliphatic carbocycles. The van der Waals surface area contributed by atoms with Crippen molar-refractivity contribution < 1.29 is 19.2 Å². The largest absolute Gasteiger partial charge is 0.352 e. The van der Waals surface area contributed by atoms with Crippen molar-refractivity contribution in [2.75, 3.05) is 10.2 Å². The molecule has 0 unspecified atom stereocenters. The predicted octanol–water partition coefficient (Wildman–Crippen LogP) is 2.95. The van der Waals surface area contributed by atoms with Crippen molar-refractivity contribution in [3.8, 4) is 0 Å². The smallest absolute Gasteiger partial charge is 0.322 e. The summed E-state index contributed by atoms with van der Waals surface area (Å²) in [6.45, 7) is 3.81. The number of para-hydroxylation sites is 2. The maximum absolute atomic E-state index is 13.9. The molecule has 1 fully saturated rings. The molecule has 0 radical (unpaired) electrons. The van der Waals surface area contributed by atoms with E-state index < -0.39 is 35.8 Å². The van der Waals surface area contributed by atoms with Crippen LogP contribution in [0.5, 0.6) is 0 Å². The molecule has 35 heavy (non-hydrogen) atoms. The van der Waals surface area contributed by atoms with Crippen LogP contribution in [0.15, 0.2) is 66.9 Å². The van der Waals surface area contributed by atoms with Gasteiger partial charge in [0, 0.05) is 24.6 Å². The van der Waals surface area contributed by atoms with Crippen LogP contribution in [-0.2, 0) is 21.4 Å². The number of aryl methyl sites for hydroxylation is 3. The number of amides is 5. The number of hydrogen-bond acceptors (Lipinski definition) is 4. The number of carbonyl (C=O) groups excluding carboxylic acids is 4. The Hall–Kier alpha value is -4.40. The Balaban J connectivity index is 1.77. The number of hydrogen-bond donors (Lipinski definition) is 3. The zero-order valence-electron chi connectivity index (χ0n) is 19.7. The third-order valence-corrected chi connectivity index (χ3v) is 6.04. The van der Waals surface area contributed by atoms with E-state index in [4.69, 9.17) is 0 Å². The monoisotopic (exact) mass is 473 g/mol. The molecular formula is C26H27N5O4. The van der Waals surface area contributed by atoms with Gasteiger partial charge in [-0.2, -0.15) is 0 Å². The number of aromatic nitrogens is 1. The van der Waals surface area contributed by atoms with E-state index in [0.717, 1.165) is 11.1 Å². The summed E-state index contributed by atoms with van der Waals surface area (Å²) < 4.78 is 1.78. The average Bonchev–Trinajstić information content (AvgIpc) is 3.38. The van der Waals surface area contributed by atoms with Gasteiger partial charge in [0.15, 0.2) is 6.04 Å². The highest BCUT2D eigenvalue weighted by Gasteiger charge is 2.38. The van der Waals surface area contributed by atoms with Gasteiger partial charge in [0.25, 0.3) is 11.8 Å². The van der Waals surface area contributed by atoms with Crippen molar-refractivity contribution in [3.05, 3.63) is 83.7 Å². The van der Waals surface area contributed by atoms with Gasteiger partial charge in [-0.25, -0.2) is 4.79 Å². The van der Waals surface area contributed by atoms with Gasteiger partial charge in [-0.15, -0.1) is 0 Å². The Morgan fingerprint density at radius 3 is 2.26 bits per heavy atom. The number of carbonyl (C=O) groups is 4. The van der Waals surface area contributed by atoms with Crippen LogP contribution in [0, 0.1) is 13.8 Å². The Morgan fingerprint density at radius 2 is 1.69 bits per heavy atom. The van der Waals surface area contributed by atoms with Crippen LogP contribution in [-0.4, -0.2) is 34.4 Å². The fraction of sp³-hybridized carbons (Fsp3) is 0.231. The van der Waals surface area contributed by atoms with Crippen LogP contribution >= 0.6 is 0 Å². The number of rotatable bonds is 7. The molecule has 9 heteroatoms. The number of imide groups is 1. The van der Waals surface area contributed by atoms with Crippen LogP contribution in [0.4, 0.5) is 16.2 Å². The summed E-state index contributed by atoms with van der Waals surface area (Å²) in [7, 11) is 1.80. The van der Waals surface area contributed by atoms with Crippen molar-refractivity contribution >= 4 is 35.1 Å². The molecule has 3 N–H and O–H groups in total. The Labute approximate surface area is 203 Å². The van der Waals surface area contributed by atoms with Crippen molar-refractivity contribution in [3.63, 3.8) is 0 Å². The first-order valence-corrected chi connectivity index (χ1v) is 11.2. The number of nitrogens with zero attached hydrogens (tertiary/aromatic N) is 2. The van der Waals surface area contributed by atoms with Gasteiger partial charge in [-0.3, -0.25) is 24.6 Å². The minimum Gasteiger partial charge on any atom is -0.352 e. The Bertz CT molecular complexity index is 1260. The van der Waals surface area contributed by atoms with E-state index >= 15 is 0 Å². The van der Waals surface area contributed by atoms with Crippen LogP contribution in [0.3, 0.4) is 0 Å². The molecule has 2 atom stereocenters. The van der Waals surface area contributed by atoms with Gasteiger partial charge in [0.05, 0.1) is 12.1 Å². The van der Waals surface area contributed by atoms with Crippen molar-refractivity contribution in [2.45, 2.75) is 32.4 Å². The molecule has 1 aromatic heterocycles. The first-order chi connectivity index (χ1) is 16.8. The van der Waals surface area contributed by atoms with Gasteiger partial charge in [0.1, 0.15) is 6.04 Å². The van der Waals surface area contributed by atoms with Crippen molar-refractivity contribution in [1.29, 1.82) is 0 Å². The zero-order chi connectivity index (χ0) is 25.1. The molecule has 1 saturated heterocycles. The molecule has 0 bridgehead atoms. The second-order valence-electron chi connectivity index (χ2n) is 8.52. The topological polar surface area (TPSA) is 113 Å². The summed E-state index contributed by atoms with van der Waals surface area (Å²) in [6, 6.07) is 15.4. The van der Waals surface area contributed by atoms with E-state index in [9.17, 15) is 19.2 Å². The van der Waals surface area contributed by atoms with Crippen LogP contribution < -0.4 is 20.9 Å². The first kappa shape index (κ1) is 23.7. The lowest BCUT2D eigenvalue weighted by Gasteiger charge is -2.32. The normalized spacial score (nSPS) is 15.8. The van der Waals surface area contributed by atoms with Crippen LogP contribution in [0.1, 0.15) is 29.3 Å². The molecule has 1 aliphatic heterocycles. The summed E-state index contributed by atoms with van der Waals surface area (Å²) in [6.07, 6.45) is 1.50. The molecular weight excluding hydrogens is 446 g/mol. The highest BCUT2D eigenvalue weighted by atomic mass is 16.2. The third-order valence-electron chi connectivity index (χ3n) is 6.04. The van der Waals surface area contributed by atoms with E-state index in [1.165, 1.54) is 4.90 Å². The first-order valence-electron chi connectivity index (χ1n) is 11.2. The van der Waals surface area contributed by atoms with Crippen molar-refractivity contribution in [1.82, 2.24) is 15.2 Å². The van der Waals surface area contributed by atoms with E-state index in [2.05, 4.69) is 16.0 Å². The summed E-state index contributed by atoms with van der Waals surface area (Å²) in [5.41, 5.74) is 3.55. The van der Waals surface area contributed by atoms with E-state index in [1.54, 1.807) is 54.2 Å². The summed E-state index contributed by atoms with van der Waals surface area (Å²) in [5.74, 6) is -1.46. The Morgan fingerprint density at radius 1 is 1.00 bits per heavy atom. The predicted molar refractivity (Wildman–Crippen MR) is 132 cm³/mol. The molecule has 2 heterocycles. The number of anilines is 2. The second kappa shape index (κ2) is 9.84. The van der Waals surface area contributed by atoms with Gasteiger partial charge >= 0.3 is 6.03 Å². The molecule has 5 amide bonds. The average molecular weight is 474 g/mol. The standard InChI is InChI=1S/C26H27N5O4/c1-16-9-7-10-17(2)22(16)28-25(34)23(20-13-8-14-30(20)3)31(18-11-5-4-6-12-18)21(32)15-19-24(33)29-26(35)27-19/h4-14,19,23H,15H2,1-3H3,(H,28,34)(H2,27,29,33,35)/t19-,23+/m0/s1. The molecule has 4 rings (SSSR count). The Kier molecular flexibility index (Phi) is 6.68.